The molecule has 4 nitrogen and oxygen atoms in total. The van der Waals surface area contributed by atoms with E-state index in [0.717, 1.165) is 11.1 Å². The molecule has 1 atom stereocenters. The zero-order valence-corrected chi connectivity index (χ0v) is 14.0. The molecule has 2 rings (SSSR count). The molecule has 3 N–H and O–H groups in total. The van der Waals surface area contributed by atoms with Crippen LogP contribution in [0.2, 0.25) is 0 Å². The molecule has 21 heavy (non-hydrogen) atoms. The minimum absolute atomic E-state index is 0. The lowest BCUT2D eigenvalue weighted by Gasteiger charge is -2.13. The van der Waals surface area contributed by atoms with Crippen molar-refractivity contribution in [3.8, 4) is 0 Å². The number of allylic oxidation sites excluding steroid dienone is 1. The Hall–Kier alpha value is -0.880. The summed E-state index contributed by atoms with van der Waals surface area (Å²) in [5, 5.41) is 0. The minimum atomic E-state index is -3.43. The number of hydrogen-bond acceptors (Lipinski definition) is 3. The van der Waals surface area contributed by atoms with Crippen LogP contribution in [-0.2, 0) is 10.0 Å². The average molecular weight is 331 g/mol. The van der Waals surface area contributed by atoms with Crippen LogP contribution < -0.4 is 10.5 Å². The van der Waals surface area contributed by atoms with E-state index in [1.54, 1.807) is 19.1 Å². The van der Waals surface area contributed by atoms with E-state index in [9.17, 15) is 8.42 Å². The number of nitrogens with one attached hydrogen (secondary N) is 1. The number of hydrogen-bond donors (Lipinski definition) is 2. The van der Waals surface area contributed by atoms with Crippen LogP contribution in [0.25, 0.3) is 6.08 Å². The van der Waals surface area contributed by atoms with E-state index in [4.69, 9.17) is 5.73 Å². The summed E-state index contributed by atoms with van der Waals surface area (Å²) in [4.78, 5) is 0.273. The van der Waals surface area contributed by atoms with Gasteiger partial charge < -0.3 is 5.73 Å². The third kappa shape index (κ3) is 4.81. The van der Waals surface area contributed by atoms with Gasteiger partial charge in [0.15, 0.2) is 0 Å². The van der Waals surface area contributed by atoms with Crippen molar-refractivity contribution in [2.45, 2.75) is 37.6 Å². The zero-order valence-electron chi connectivity index (χ0n) is 12.4. The van der Waals surface area contributed by atoms with Crippen molar-refractivity contribution in [2.75, 3.05) is 6.54 Å². The second kappa shape index (κ2) is 7.40. The van der Waals surface area contributed by atoms with Crippen molar-refractivity contribution in [1.29, 1.82) is 0 Å². The molecule has 0 saturated heterocycles. The summed E-state index contributed by atoms with van der Waals surface area (Å²) in [5.74, 6) is 0.682. The summed E-state index contributed by atoms with van der Waals surface area (Å²) < 4.78 is 26.5. The highest BCUT2D eigenvalue weighted by atomic mass is 35.5. The van der Waals surface area contributed by atoms with Gasteiger partial charge in [-0.05, 0) is 48.9 Å². The SMILES string of the molecule is CCNS(=O)(=O)c1ccc(/C=C/C2CC2)c([C@@H](C)N)c1.Cl. The highest BCUT2D eigenvalue weighted by molar-refractivity contribution is 7.89. The van der Waals surface area contributed by atoms with E-state index in [2.05, 4.69) is 16.9 Å². The molecule has 0 aromatic heterocycles. The van der Waals surface area contributed by atoms with Crippen LogP contribution in [0.15, 0.2) is 29.2 Å². The van der Waals surface area contributed by atoms with E-state index in [1.807, 2.05) is 13.0 Å². The van der Waals surface area contributed by atoms with E-state index >= 15 is 0 Å². The van der Waals surface area contributed by atoms with Crippen LogP contribution in [0.3, 0.4) is 0 Å². The third-order valence-corrected chi connectivity index (χ3v) is 4.91. The third-order valence-electron chi connectivity index (χ3n) is 3.36. The van der Waals surface area contributed by atoms with Gasteiger partial charge in [0.05, 0.1) is 4.90 Å². The van der Waals surface area contributed by atoms with E-state index in [0.29, 0.717) is 12.5 Å². The molecule has 0 bridgehead atoms. The summed E-state index contributed by atoms with van der Waals surface area (Å²) in [5.41, 5.74) is 7.84. The molecule has 1 aromatic rings. The van der Waals surface area contributed by atoms with Gasteiger partial charge in [-0.1, -0.05) is 25.1 Å². The Morgan fingerprint density at radius 3 is 2.62 bits per heavy atom. The number of nitrogens with two attached hydrogens (primary N) is 1. The maximum absolute atomic E-state index is 12.0. The van der Waals surface area contributed by atoms with Gasteiger partial charge in [0.1, 0.15) is 0 Å². The molecule has 0 heterocycles. The summed E-state index contributed by atoms with van der Waals surface area (Å²) >= 11 is 0. The smallest absolute Gasteiger partial charge is 0.240 e. The van der Waals surface area contributed by atoms with Crippen molar-refractivity contribution < 1.29 is 8.42 Å². The lowest BCUT2D eigenvalue weighted by atomic mass is 10.0. The Bertz CT molecular complexity index is 608. The molecule has 1 fully saturated rings. The van der Waals surface area contributed by atoms with Crippen LogP contribution in [0.1, 0.15) is 43.9 Å². The van der Waals surface area contributed by atoms with Crippen molar-refractivity contribution in [3.05, 3.63) is 35.4 Å². The molecule has 6 heteroatoms. The molecule has 0 radical (unpaired) electrons. The zero-order chi connectivity index (χ0) is 14.8. The predicted molar refractivity (Wildman–Crippen MR) is 88.9 cm³/mol. The van der Waals surface area contributed by atoms with Gasteiger partial charge in [-0.15, -0.1) is 12.4 Å². The molecular weight excluding hydrogens is 308 g/mol. The Kier molecular flexibility index (Phi) is 6.41. The summed E-state index contributed by atoms with van der Waals surface area (Å²) in [7, 11) is -3.43. The van der Waals surface area contributed by atoms with Crippen LogP contribution in [0.5, 0.6) is 0 Å². The van der Waals surface area contributed by atoms with Gasteiger partial charge in [-0.2, -0.15) is 0 Å². The number of benzene rings is 1. The fraction of sp³-hybridized carbons (Fsp3) is 0.467. The molecule has 0 unspecified atom stereocenters. The van der Waals surface area contributed by atoms with Gasteiger partial charge >= 0.3 is 0 Å². The van der Waals surface area contributed by atoms with E-state index in [-0.39, 0.29) is 23.3 Å². The summed E-state index contributed by atoms with van der Waals surface area (Å²) in [6.07, 6.45) is 6.73. The molecule has 0 spiro atoms. The first-order valence-electron chi connectivity index (χ1n) is 7.01. The predicted octanol–water partition coefficient (Wildman–Crippen LogP) is 2.85. The van der Waals surface area contributed by atoms with Crippen molar-refractivity contribution >= 4 is 28.5 Å². The van der Waals surface area contributed by atoms with Gasteiger partial charge in [0.25, 0.3) is 0 Å². The maximum atomic E-state index is 12.0. The Balaban J connectivity index is 0.00000220. The number of rotatable bonds is 6. The van der Waals surface area contributed by atoms with E-state index in [1.165, 1.54) is 12.8 Å². The molecule has 1 aliphatic rings. The Labute approximate surface area is 133 Å². The highest BCUT2D eigenvalue weighted by Gasteiger charge is 2.18. The summed E-state index contributed by atoms with van der Waals surface area (Å²) in [6.45, 7) is 4.00. The van der Waals surface area contributed by atoms with Crippen LogP contribution >= 0.6 is 12.4 Å². The van der Waals surface area contributed by atoms with Gasteiger partial charge in [0.2, 0.25) is 10.0 Å². The first-order chi connectivity index (χ1) is 9.44. The van der Waals surface area contributed by atoms with Crippen molar-refractivity contribution in [2.24, 2.45) is 11.7 Å². The Morgan fingerprint density at radius 1 is 1.43 bits per heavy atom. The quantitative estimate of drug-likeness (QED) is 0.842. The molecule has 118 valence electrons. The second-order valence-electron chi connectivity index (χ2n) is 5.28. The minimum Gasteiger partial charge on any atom is -0.324 e. The standard InChI is InChI=1S/C15H22N2O2S.ClH/c1-3-17-20(18,19)14-9-8-13(7-6-12-4-5-12)15(10-14)11(2)16;/h6-12,17H,3-5,16H2,1-2H3;1H/b7-6+;/t11-;/m1./s1. The fourth-order valence-corrected chi connectivity index (χ4v) is 3.14. The number of sulfonamides is 1. The van der Waals surface area contributed by atoms with Gasteiger partial charge in [-0.25, -0.2) is 13.1 Å². The molecule has 1 aliphatic carbocycles. The van der Waals surface area contributed by atoms with Crippen molar-refractivity contribution in [3.63, 3.8) is 0 Å². The first-order valence-corrected chi connectivity index (χ1v) is 8.49. The van der Waals surface area contributed by atoms with Gasteiger partial charge in [0, 0.05) is 12.6 Å². The van der Waals surface area contributed by atoms with Crippen molar-refractivity contribution in [1.82, 2.24) is 4.72 Å². The first kappa shape index (κ1) is 18.2. The highest BCUT2D eigenvalue weighted by Crippen LogP contribution is 2.31. The summed E-state index contributed by atoms with van der Waals surface area (Å²) in [6, 6.07) is 4.94. The van der Waals surface area contributed by atoms with Crippen LogP contribution in [0.4, 0.5) is 0 Å². The second-order valence-corrected chi connectivity index (χ2v) is 7.04. The monoisotopic (exact) mass is 330 g/mol. The van der Waals surface area contributed by atoms with E-state index < -0.39 is 10.0 Å². The lowest BCUT2D eigenvalue weighted by Crippen LogP contribution is -2.23. The maximum Gasteiger partial charge on any atom is 0.240 e. The molecule has 0 aliphatic heterocycles. The molecule has 1 saturated carbocycles. The normalized spacial score (nSPS) is 16.7. The molecular formula is C15H23ClN2O2S. The average Bonchev–Trinajstić information content (AvgIpc) is 3.20. The lowest BCUT2D eigenvalue weighted by molar-refractivity contribution is 0.583. The largest absolute Gasteiger partial charge is 0.324 e. The fourth-order valence-electron chi connectivity index (χ4n) is 2.07. The van der Waals surface area contributed by atoms with Gasteiger partial charge in [-0.3, -0.25) is 0 Å². The molecule has 1 aromatic carbocycles. The van der Waals surface area contributed by atoms with Crippen LogP contribution in [-0.4, -0.2) is 15.0 Å². The molecule has 0 amide bonds. The number of halogens is 1. The van der Waals surface area contributed by atoms with Crippen LogP contribution in [0, 0.1) is 5.92 Å². The Morgan fingerprint density at radius 2 is 2.10 bits per heavy atom. The topological polar surface area (TPSA) is 72.2 Å².